The van der Waals surface area contributed by atoms with Crippen LogP contribution >= 0.6 is 0 Å². The van der Waals surface area contributed by atoms with E-state index in [2.05, 4.69) is 4.90 Å². The standard InChI is InChI=1S/C17H23NO4/c19-17(20)13-4-3-5-14(12-13)21-10-8-18-9-11-22-16-7-2-1-6-15(16)18/h3-5,12,15-16H,1-2,6-11H2,(H,19,20). The van der Waals surface area contributed by atoms with Gasteiger partial charge in [-0.3, -0.25) is 4.90 Å². The zero-order valence-electron chi connectivity index (χ0n) is 12.7. The van der Waals surface area contributed by atoms with E-state index in [1.54, 1.807) is 24.3 Å². The van der Waals surface area contributed by atoms with E-state index >= 15 is 0 Å². The lowest BCUT2D eigenvalue weighted by atomic mass is 9.90. The average molecular weight is 305 g/mol. The van der Waals surface area contributed by atoms with E-state index in [-0.39, 0.29) is 5.56 Å². The van der Waals surface area contributed by atoms with Crippen LogP contribution in [0, 0.1) is 0 Å². The third-order valence-electron chi connectivity index (χ3n) is 4.58. The molecule has 1 aromatic rings. The summed E-state index contributed by atoms with van der Waals surface area (Å²) in [6.45, 7) is 3.20. The van der Waals surface area contributed by atoms with Gasteiger partial charge in [-0.15, -0.1) is 0 Å². The molecular weight excluding hydrogens is 282 g/mol. The highest BCUT2D eigenvalue weighted by Gasteiger charge is 2.33. The number of aromatic carboxylic acids is 1. The summed E-state index contributed by atoms with van der Waals surface area (Å²) in [6.07, 6.45) is 5.32. The summed E-state index contributed by atoms with van der Waals surface area (Å²) in [6, 6.07) is 7.19. The highest BCUT2D eigenvalue weighted by atomic mass is 16.5. The van der Waals surface area contributed by atoms with Crippen LogP contribution in [-0.4, -0.2) is 54.4 Å². The number of carboxylic acids is 1. The third-order valence-corrected chi connectivity index (χ3v) is 4.58. The van der Waals surface area contributed by atoms with Gasteiger partial charge in [-0.2, -0.15) is 0 Å². The molecule has 2 fully saturated rings. The summed E-state index contributed by atoms with van der Waals surface area (Å²) in [4.78, 5) is 13.4. The Hall–Kier alpha value is -1.59. The van der Waals surface area contributed by atoms with Crippen molar-refractivity contribution in [3.05, 3.63) is 29.8 Å². The molecule has 2 unspecified atom stereocenters. The maximum Gasteiger partial charge on any atom is 0.335 e. The molecule has 22 heavy (non-hydrogen) atoms. The molecule has 1 saturated carbocycles. The predicted octanol–water partition coefficient (Wildman–Crippen LogP) is 2.41. The first-order valence-corrected chi connectivity index (χ1v) is 8.06. The molecule has 5 heteroatoms. The lowest BCUT2D eigenvalue weighted by Crippen LogP contribution is -2.53. The maximum absolute atomic E-state index is 11.0. The molecule has 3 rings (SSSR count). The predicted molar refractivity (Wildman–Crippen MR) is 82.5 cm³/mol. The average Bonchev–Trinajstić information content (AvgIpc) is 2.55. The molecule has 0 aromatic heterocycles. The quantitative estimate of drug-likeness (QED) is 0.905. The number of morpholine rings is 1. The molecular formula is C17H23NO4. The zero-order valence-corrected chi connectivity index (χ0v) is 12.7. The van der Waals surface area contributed by atoms with Crippen molar-refractivity contribution in [3.63, 3.8) is 0 Å². The monoisotopic (exact) mass is 305 g/mol. The molecule has 1 N–H and O–H groups in total. The second-order valence-electron chi connectivity index (χ2n) is 5.98. The number of hydrogen-bond acceptors (Lipinski definition) is 4. The number of ether oxygens (including phenoxy) is 2. The Morgan fingerprint density at radius 1 is 1.36 bits per heavy atom. The van der Waals surface area contributed by atoms with Gasteiger partial charge in [-0.25, -0.2) is 4.79 Å². The number of benzene rings is 1. The van der Waals surface area contributed by atoms with E-state index in [9.17, 15) is 4.79 Å². The summed E-state index contributed by atoms with van der Waals surface area (Å²) in [5, 5.41) is 8.99. The molecule has 120 valence electrons. The topological polar surface area (TPSA) is 59.0 Å². The van der Waals surface area contributed by atoms with Gasteiger partial charge in [0.1, 0.15) is 12.4 Å². The number of hydrogen-bond donors (Lipinski definition) is 1. The van der Waals surface area contributed by atoms with E-state index < -0.39 is 5.97 Å². The molecule has 0 spiro atoms. The van der Waals surface area contributed by atoms with E-state index in [0.29, 0.717) is 24.5 Å². The fourth-order valence-electron chi connectivity index (χ4n) is 3.45. The van der Waals surface area contributed by atoms with Gasteiger partial charge in [0.15, 0.2) is 0 Å². The second kappa shape index (κ2) is 7.11. The van der Waals surface area contributed by atoms with E-state index in [4.69, 9.17) is 14.6 Å². The van der Waals surface area contributed by atoms with Gasteiger partial charge >= 0.3 is 5.97 Å². The minimum atomic E-state index is -0.927. The van der Waals surface area contributed by atoms with Crippen molar-refractivity contribution in [2.45, 2.75) is 37.8 Å². The minimum Gasteiger partial charge on any atom is -0.492 e. The van der Waals surface area contributed by atoms with E-state index in [0.717, 1.165) is 19.7 Å². The molecule has 1 aromatic carbocycles. The van der Waals surface area contributed by atoms with Crippen molar-refractivity contribution in [2.24, 2.45) is 0 Å². The summed E-state index contributed by atoms with van der Waals surface area (Å²) in [5.41, 5.74) is 0.260. The molecule has 5 nitrogen and oxygen atoms in total. The summed E-state index contributed by atoms with van der Waals surface area (Å²) < 4.78 is 11.6. The van der Waals surface area contributed by atoms with Gasteiger partial charge in [-0.1, -0.05) is 18.9 Å². The molecule has 1 aliphatic heterocycles. The normalized spacial score (nSPS) is 25.5. The largest absolute Gasteiger partial charge is 0.492 e. The van der Waals surface area contributed by atoms with E-state index in [1.165, 1.54) is 25.7 Å². The van der Waals surface area contributed by atoms with Crippen molar-refractivity contribution in [1.29, 1.82) is 0 Å². The van der Waals surface area contributed by atoms with Crippen LogP contribution in [0.2, 0.25) is 0 Å². The zero-order chi connectivity index (χ0) is 15.4. The second-order valence-corrected chi connectivity index (χ2v) is 5.98. The Balaban J connectivity index is 1.52. The van der Waals surface area contributed by atoms with Crippen molar-refractivity contribution >= 4 is 5.97 Å². The van der Waals surface area contributed by atoms with Crippen LogP contribution in [0.4, 0.5) is 0 Å². The van der Waals surface area contributed by atoms with Crippen molar-refractivity contribution in [1.82, 2.24) is 4.90 Å². The molecule has 2 atom stereocenters. The Bertz CT molecular complexity index is 517. The Morgan fingerprint density at radius 3 is 3.09 bits per heavy atom. The molecule has 2 aliphatic rings. The molecule has 0 bridgehead atoms. The molecule has 1 heterocycles. The number of carbonyl (C=O) groups is 1. The Labute approximate surface area is 130 Å². The van der Waals surface area contributed by atoms with Crippen LogP contribution < -0.4 is 4.74 Å². The fraction of sp³-hybridized carbons (Fsp3) is 0.588. The first-order valence-electron chi connectivity index (χ1n) is 8.06. The molecule has 1 saturated heterocycles. The number of fused-ring (bicyclic) bond motifs is 1. The third kappa shape index (κ3) is 3.59. The lowest BCUT2D eigenvalue weighted by molar-refractivity contribution is -0.0901. The summed E-state index contributed by atoms with van der Waals surface area (Å²) >= 11 is 0. The van der Waals surface area contributed by atoms with Crippen LogP contribution in [0.15, 0.2) is 24.3 Å². The molecule has 0 radical (unpaired) electrons. The number of nitrogens with zero attached hydrogens (tertiary/aromatic N) is 1. The van der Waals surface area contributed by atoms with Crippen LogP contribution in [0.1, 0.15) is 36.0 Å². The van der Waals surface area contributed by atoms with Crippen molar-refractivity contribution in [2.75, 3.05) is 26.3 Å². The Kier molecular flexibility index (Phi) is 4.95. The highest BCUT2D eigenvalue weighted by molar-refractivity contribution is 5.87. The lowest BCUT2D eigenvalue weighted by Gasteiger charge is -2.43. The molecule has 0 amide bonds. The molecule has 1 aliphatic carbocycles. The van der Waals surface area contributed by atoms with Gasteiger partial charge in [0, 0.05) is 19.1 Å². The van der Waals surface area contributed by atoms with Crippen LogP contribution in [-0.2, 0) is 4.74 Å². The summed E-state index contributed by atoms with van der Waals surface area (Å²) in [5.74, 6) is -0.308. The van der Waals surface area contributed by atoms with E-state index in [1.807, 2.05) is 0 Å². The minimum absolute atomic E-state index is 0.260. The smallest absolute Gasteiger partial charge is 0.335 e. The van der Waals surface area contributed by atoms with Gasteiger partial charge in [0.2, 0.25) is 0 Å². The Morgan fingerprint density at radius 2 is 2.23 bits per heavy atom. The van der Waals surface area contributed by atoms with Gasteiger partial charge in [0.05, 0.1) is 18.3 Å². The van der Waals surface area contributed by atoms with Crippen molar-refractivity contribution < 1.29 is 19.4 Å². The van der Waals surface area contributed by atoms with Gasteiger partial charge < -0.3 is 14.6 Å². The van der Waals surface area contributed by atoms with Gasteiger partial charge in [-0.05, 0) is 31.0 Å². The number of carboxylic acid groups (broad SMARTS) is 1. The van der Waals surface area contributed by atoms with Gasteiger partial charge in [0.25, 0.3) is 0 Å². The first kappa shape index (κ1) is 15.3. The summed E-state index contributed by atoms with van der Waals surface area (Å²) in [7, 11) is 0. The van der Waals surface area contributed by atoms with Crippen molar-refractivity contribution in [3.8, 4) is 5.75 Å². The first-order chi connectivity index (χ1) is 10.7. The van der Waals surface area contributed by atoms with Crippen LogP contribution in [0.25, 0.3) is 0 Å². The van der Waals surface area contributed by atoms with Crippen LogP contribution in [0.5, 0.6) is 5.75 Å². The highest BCUT2D eigenvalue weighted by Crippen LogP contribution is 2.28. The SMILES string of the molecule is O=C(O)c1cccc(OCCN2CCOC3CCCCC32)c1. The number of rotatable bonds is 5. The van der Waals surface area contributed by atoms with Crippen LogP contribution in [0.3, 0.4) is 0 Å². The fourth-order valence-corrected chi connectivity index (χ4v) is 3.45. The maximum atomic E-state index is 11.0.